The van der Waals surface area contributed by atoms with Crippen LogP contribution in [-0.2, 0) is 20.8 Å². The summed E-state index contributed by atoms with van der Waals surface area (Å²) in [5, 5.41) is 0. The molecule has 0 unspecified atom stereocenters. The van der Waals surface area contributed by atoms with Crippen LogP contribution < -0.4 is 0 Å². The summed E-state index contributed by atoms with van der Waals surface area (Å²) < 4.78 is 10.1. The zero-order chi connectivity index (χ0) is 17.3. The van der Waals surface area contributed by atoms with Crippen LogP contribution in [-0.4, -0.2) is 36.2 Å². The van der Waals surface area contributed by atoms with Gasteiger partial charge < -0.3 is 14.4 Å². The first-order valence-corrected chi connectivity index (χ1v) is 7.90. The van der Waals surface area contributed by atoms with Crippen LogP contribution in [0.25, 0.3) is 0 Å². The largest absolute Gasteiger partial charge is 0.469 e. The van der Waals surface area contributed by atoms with Crippen LogP contribution in [0.15, 0.2) is 30.3 Å². The average molecular weight is 321 g/mol. The second-order valence-electron chi connectivity index (χ2n) is 6.42. The molecule has 0 heterocycles. The van der Waals surface area contributed by atoms with Crippen LogP contribution in [0.2, 0.25) is 0 Å². The third-order valence-electron chi connectivity index (χ3n) is 3.15. The Morgan fingerprint density at radius 2 is 1.74 bits per heavy atom. The Labute approximate surface area is 138 Å². The van der Waals surface area contributed by atoms with Crippen molar-refractivity contribution >= 4 is 12.1 Å². The highest BCUT2D eigenvalue weighted by Crippen LogP contribution is 2.14. The number of benzene rings is 1. The molecule has 1 amide bonds. The van der Waals surface area contributed by atoms with E-state index in [0.717, 1.165) is 12.0 Å². The molecule has 1 rings (SSSR count). The monoisotopic (exact) mass is 321 g/mol. The quantitative estimate of drug-likeness (QED) is 0.567. The summed E-state index contributed by atoms with van der Waals surface area (Å²) in [6.45, 7) is 6.59. The zero-order valence-corrected chi connectivity index (χ0v) is 14.5. The maximum Gasteiger partial charge on any atom is 0.410 e. The molecule has 0 spiro atoms. The van der Waals surface area contributed by atoms with E-state index in [-0.39, 0.29) is 12.1 Å². The first-order chi connectivity index (χ1) is 10.8. The molecule has 5 nitrogen and oxygen atoms in total. The minimum atomic E-state index is -0.530. The fourth-order valence-corrected chi connectivity index (χ4v) is 2.04. The van der Waals surface area contributed by atoms with Gasteiger partial charge in [0.25, 0.3) is 0 Å². The van der Waals surface area contributed by atoms with Crippen LogP contribution in [0.4, 0.5) is 4.79 Å². The molecule has 0 aliphatic heterocycles. The van der Waals surface area contributed by atoms with Crippen molar-refractivity contribution in [2.45, 2.75) is 52.2 Å². The number of unbranched alkanes of at least 4 members (excludes halogenated alkanes) is 1. The van der Waals surface area contributed by atoms with E-state index in [4.69, 9.17) is 4.74 Å². The molecule has 0 bridgehead atoms. The van der Waals surface area contributed by atoms with Crippen LogP contribution >= 0.6 is 0 Å². The van der Waals surface area contributed by atoms with Crippen molar-refractivity contribution in [3.63, 3.8) is 0 Å². The standard InChI is InChI=1S/C18H27NO4/c1-18(2,3)23-17(21)19(13-9-8-12-16(20)22-4)14-15-10-6-5-7-11-15/h5-7,10-11H,8-9,12-14H2,1-4H3. The van der Waals surface area contributed by atoms with Crippen molar-refractivity contribution < 1.29 is 19.1 Å². The van der Waals surface area contributed by atoms with E-state index in [0.29, 0.717) is 25.9 Å². The summed E-state index contributed by atoms with van der Waals surface area (Å²) in [5.41, 5.74) is 0.518. The predicted molar refractivity (Wildman–Crippen MR) is 89.0 cm³/mol. The Balaban J connectivity index is 2.61. The number of hydrogen-bond acceptors (Lipinski definition) is 4. The van der Waals surface area contributed by atoms with Crippen molar-refractivity contribution in [1.29, 1.82) is 0 Å². The number of nitrogens with zero attached hydrogens (tertiary/aromatic N) is 1. The highest BCUT2D eigenvalue weighted by atomic mass is 16.6. The summed E-state index contributed by atoms with van der Waals surface area (Å²) in [6.07, 6.45) is 1.44. The van der Waals surface area contributed by atoms with Crippen molar-refractivity contribution in [2.24, 2.45) is 0 Å². The Hall–Kier alpha value is -2.04. The molecule has 0 aliphatic carbocycles. The molecule has 1 aromatic carbocycles. The van der Waals surface area contributed by atoms with Gasteiger partial charge in [0.15, 0.2) is 0 Å². The minimum Gasteiger partial charge on any atom is -0.469 e. The highest BCUT2D eigenvalue weighted by molar-refractivity contribution is 5.69. The molecular weight excluding hydrogens is 294 g/mol. The molecule has 0 aliphatic rings. The van der Waals surface area contributed by atoms with Crippen molar-refractivity contribution in [3.8, 4) is 0 Å². The van der Waals surface area contributed by atoms with Crippen molar-refractivity contribution in [3.05, 3.63) is 35.9 Å². The lowest BCUT2D eigenvalue weighted by atomic mass is 10.2. The van der Waals surface area contributed by atoms with Gasteiger partial charge in [-0.25, -0.2) is 4.79 Å². The van der Waals surface area contributed by atoms with Crippen LogP contribution in [0.3, 0.4) is 0 Å². The number of methoxy groups -OCH3 is 1. The topological polar surface area (TPSA) is 55.8 Å². The Kier molecular flexibility index (Phi) is 7.59. The van der Waals surface area contributed by atoms with E-state index in [2.05, 4.69) is 4.74 Å². The van der Waals surface area contributed by atoms with Crippen LogP contribution in [0, 0.1) is 0 Å². The van der Waals surface area contributed by atoms with Gasteiger partial charge in [0.1, 0.15) is 5.60 Å². The van der Waals surface area contributed by atoms with Gasteiger partial charge in [-0.1, -0.05) is 30.3 Å². The lowest BCUT2D eigenvalue weighted by molar-refractivity contribution is -0.140. The Morgan fingerprint density at radius 1 is 1.09 bits per heavy atom. The fourth-order valence-electron chi connectivity index (χ4n) is 2.04. The molecule has 0 saturated heterocycles. The zero-order valence-electron chi connectivity index (χ0n) is 14.5. The molecule has 1 aromatic rings. The summed E-state index contributed by atoms with van der Waals surface area (Å²) in [5.74, 6) is -0.225. The smallest absolute Gasteiger partial charge is 0.410 e. The van der Waals surface area contributed by atoms with Crippen molar-refractivity contribution in [1.82, 2.24) is 4.90 Å². The van der Waals surface area contributed by atoms with Crippen LogP contribution in [0.5, 0.6) is 0 Å². The number of amides is 1. The van der Waals surface area contributed by atoms with Gasteiger partial charge >= 0.3 is 12.1 Å². The second kappa shape index (κ2) is 9.18. The number of carbonyl (C=O) groups is 2. The molecule has 5 heteroatoms. The summed E-state index contributed by atoms with van der Waals surface area (Å²) in [6, 6.07) is 9.79. The minimum absolute atomic E-state index is 0.225. The van der Waals surface area contributed by atoms with E-state index >= 15 is 0 Å². The van der Waals surface area contributed by atoms with Gasteiger partial charge in [-0.3, -0.25) is 4.79 Å². The van der Waals surface area contributed by atoms with Gasteiger partial charge in [0, 0.05) is 19.5 Å². The molecule has 23 heavy (non-hydrogen) atoms. The summed E-state index contributed by atoms with van der Waals surface area (Å²) in [4.78, 5) is 25.2. The predicted octanol–water partition coefficient (Wildman–Crippen LogP) is 3.77. The van der Waals surface area contributed by atoms with Gasteiger partial charge in [-0.15, -0.1) is 0 Å². The molecule has 0 N–H and O–H groups in total. The molecular formula is C18H27NO4. The fraction of sp³-hybridized carbons (Fsp3) is 0.556. The molecule has 0 atom stereocenters. The number of carbonyl (C=O) groups excluding carboxylic acids is 2. The van der Waals surface area contributed by atoms with E-state index < -0.39 is 5.60 Å². The Morgan fingerprint density at radius 3 is 2.30 bits per heavy atom. The first-order valence-electron chi connectivity index (χ1n) is 7.90. The number of hydrogen-bond donors (Lipinski definition) is 0. The van der Waals surface area contributed by atoms with Crippen LogP contribution in [0.1, 0.15) is 45.6 Å². The summed E-state index contributed by atoms with van der Waals surface area (Å²) >= 11 is 0. The number of rotatable bonds is 7. The maximum absolute atomic E-state index is 12.4. The SMILES string of the molecule is COC(=O)CCCCN(Cc1ccccc1)C(=O)OC(C)(C)C. The summed E-state index contributed by atoms with van der Waals surface area (Å²) in [7, 11) is 1.38. The lowest BCUT2D eigenvalue weighted by Crippen LogP contribution is -2.37. The third kappa shape index (κ3) is 8.24. The van der Waals surface area contributed by atoms with Gasteiger partial charge in [-0.2, -0.15) is 0 Å². The number of ether oxygens (including phenoxy) is 2. The van der Waals surface area contributed by atoms with E-state index in [1.165, 1.54) is 7.11 Å². The lowest BCUT2D eigenvalue weighted by Gasteiger charge is -2.27. The number of esters is 1. The van der Waals surface area contributed by atoms with Gasteiger partial charge in [-0.05, 0) is 39.2 Å². The Bertz CT molecular complexity index is 493. The normalized spacial score (nSPS) is 11.0. The molecule has 0 saturated carbocycles. The third-order valence-corrected chi connectivity index (χ3v) is 3.15. The van der Waals surface area contributed by atoms with E-state index in [1.54, 1.807) is 4.90 Å². The molecule has 128 valence electrons. The highest BCUT2D eigenvalue weighted by Gasteiger charge is 2.22. The second-order valence-corrected chi connectivity index (χ2v) is 6.42. The maximum atomic E-state index is 12.4. The van der Waals surface area contributed by atoms with Crippen molar-refractivity contribution in [2.75, 3.05) is 13.7 Å². The molecule has 0 aromatic heterocycles. The molecule has 0 fully saturated rings. The van der Waals surface area contributed by atoms with E-state index in [9.17, 15) is 9.59 Å². The average Bonchev–Trinajstić information content (AvgIpc) is 2.49. The van der Waals surface area contributed by atoms with Gasteiger partial charge in [0.05, 0.1) is 7.11 Å². The van der Waals surface area contributed by atoms with Gasteiger partial charge in [0.2, 0.25) is 0 Å². The first kappa shape index (κ1) is 19.0. The van der Waals surface area contributed by atoms with E-state index in [1.807, 2.05) is 51.1 Å². The molecule has 0 radical (unpaired) electrons.